The van der Waals surface area contributed by atoms with E-state index < -0.39 is 0 Å². The molecule has 0 amide bonds. The van der Waals surface area contributed by atoms with Gasteiger partial charge in [-0.3, -0.25) is 0 Å². The predicted molar refractivity (Wildman–Crippen MR) is 138 cm³/mol. The van der Waals surface area contributed by atoms with Gasteiger partial charge in [-0.25, -0.2) is 9.97 Å². The molecule has 4 N–H and O–H groups in total. The minimum absolute atomic E-state index is 0.219. The molecule has 5 rings (SSSR count). The van der Waals surface area contributed by atoms with Crippen molar-refractivity contribution < 1.29 is 0 Å². The Bertz CT molecular complexity index is 1180. The standard InChI is InChI=1S/C28H34N6/c1-3-15-29-19(2)27-31-17-25(33-27)22-11-7-20(8-12-22)21-9-13-23(14-10-21)26-18-32-28(34-26)24-6-4-5-16-30-24/h7-14,17-19,24,29-30H,3-6,15-16H2,1-2H3,(H,31,33)(H,32,34)/t19-,24-/m0/s1. The monoisotopic (exact) mass is 454 g/mol. The molecule has 2 aromatic carbocycles. The van der Waals surface area contributed by atoms with Crippen LogP contribution in [-0.2, 0) is 0 Å². The normalized spacial score (nSPS) is 17.1. The summed E-state index contributed by atoms with van der Waals surface area (Å²) in [5, 5.41) is 7.03. The summed E-state index contributed by atoms with van der Waals surface area (Å²) in [6.45, 7) is 6.38. The summed E-state index contributed by atoms with van der Waals surface area (Å²) in [6.07, 6.45) is 8.65. The Labute approximate surface area is 201 Å². The number of piperidine rings is 1. The van der Waals surface area contributed by atoms with Crippen molar-refractivity contribution in [2.45, 2.75) is 51.6 Å². The summed E-state index contributed by atoms with van der Waals surface area (Å²) >= 11 is 0. The first-order chi connectivity index (χ1) is 16.7. The van der Waals surface area contributed by atoms with Gasteiger partial charge in [-0.15, -0.1) is 0 Å². The van der Waals surface area contributed by atoms with Gasteiger partial charge in [0.2, 0.25) is 0 Å². The number of hydrogen-bond donors (Lipinski definition) is 4. The Morgan fingerprint density at radius 2 is 1.47 bits per heavy atom. The number of nitrogens with one attached hydrogen (secondary N) is 4. The zero-order chi connectivity index (χ0) is 23.3. The molecule has 2 atom stereocenters. The van der Waals surface area contributed by atoms with E-state index in [-0.39, 0.29) is 6.04 Å². The molecule has 0 saturated carbocycles. The molecule has 0 aliphatic carbocycles. The van der Waals surface area contributed by atoms with Gasteiger partial charge < -0.3 is 20.6 Å². The second-order valence-electron chi connectivity index (χ2n) is 9.20. The first-order valence-electron chi connectivity index (χ1n) is 12.5. The third kappa shape index (κ3) is 4.98. The van der Waals surface area contributed by atoms with E-state index in [1.807, 2.05) is 12.4 Å². The van der Waals surface area contributed by atoms with E-state index in [9.17, 15) is 0 Å². The number of imidazole rings is 2. The van der Waals surface area contributed by atoms with Crippen molar-refractivity contribution >= 4 is 0 Å². The molecule has 176 valence electrons. The van der Waals surface area contributed by atoms with Crippen molar-refractivity contribution in [3.05, 3.63) is 72.6 Å². The molecule has 1 fully saturated rings. The molecule has 0 radical (unpaired) electrons. The molecule has 0 bridgehead atoms. The molecular formula is C28H34N6. The Morgan fingerprint density at radius 1 is 0.853 bits per heavy atom. The molecule has 2 aromatic heterocycles. The maximum absolute atomic E-state index is 4.63. The Hall–Kier alpha value is -3.22. The Balaban J connectivity index is 1.26. The fourth-order valence-corrected chi connectivity index (χ4v) is 4.59. The summed E-state index contributed by atoms with van der Waals surface area (Å²) in [5.41, 5.74) is 6.82. The van der Waals surface area contributed by atoms with Crippen molar-refractivity contribution in [3.63, 3.8) is 0 Å². The highest BCUT2D eigenvalue weighted by molar-refractivity contribution is 5.71. The van der Waals surface area contributed by atoms with Gasteiger partial charge >= 0.3 is 0 Å². The number of aromatic nitrogens is 4. The summed E-state index contributed by atoms with van der Waals surface area (Å²) in [5.74, 6) is 2.02. The number of H-pyrrole nitrogens is 2. The van der Waals surface area contributed by atoms with Gasteiger partial charge in [0.15, 0.2) is 0 Å². The maximum atomic E-state index is 4.63. The van der Waals surface area contributed by atoms with Crippen molar-refractivity contribution in [2.24, 2.45) is 0 Å². The molecule has 1 aliphatic heterocycles. The molecule has 4 aromatic rings. The van der Waals surface area contributed by atoms with Crippen LogP contribution in [0.1, 0.15) is 63.3 Å². The Morgan fingerprint density at radius 3 is 2.09 bits per heavy atom. The van der Waals surface area contributed by atoms with Crippen molar-refractivity contribution in [1.82, 2.24) is 30.6 Å². The quantitative estimate of drug-likeness (QED) is 0.263. The Kier molecular flexibility index (Phi) is 6.88. The molecule has 1 aliphatic rings. The predicted octanol–water partition coefficient (Wildman–Crippen LogP) is 6.01. The number of rotatable bonds is 8. The number of aromatic amines is 2. The fourth-order valence-electron chi connectivity index (χ4n) is 4.59. The van der Waals surface area contributed by atoms with Crippen LogP contribution in [-0.4, -0.2) is 33.0 Å². The van der Waals surface area contributed by atoms with Gasteiger partial charge in [0.1, 0.15) is 11.6 Å². The summed E-state index contributed by atoms with van der Waals surface area (Å²) in [7, 11) is 0. The molecule has 1 saturated heterocycles. The molecule has 6 heteroatoms. The van der Waals surface area contributed by atoms with Crippen molar-refractivity contribution in [1.29, 1.82) is 0 Å². The molecule has 0 unspecified atom stereocenters. The van der Waals surface area contributed by atoms with Crippen LogP contribution in [0.15, 0.2) is 60.9 Å². The molecule has 6 nitrogen and oxygen atoms in total. The lowest BCUT2D eigenvalue weighted by atomic mass is 10.0. The highest BCUT2D eigenvalue weighted by Crippen LogP contribution is 2.28. The smallest absolute Gasteiger partial charge is 0.123 e. The zero-order valence-corrected chi connectivity index (χ0v) is 20.1. The summed E-state index contributed by atoms with van der Waals surface area (Å²) in [4.78, 5) is 16.2. The third-order valence-corrected chi connectivity index (χ3v) is 6.67. The highest BCUT2D eigenvalue weighted by Gasteiger charge is 2.18. The molecular weight excluding hydrogens is 420 g/mol. The second kappa shape index (κ2) is 10.4. The molecule has 34 heavy (non-hydrogen) atoms. The van der Waals surface area contributed by atoms with Crippen LogP contribution >= 0.6 is 0 Å². The van der Waals surface area contributed by atoms with Gasteiger partial charge in [0.05, 0.1) is 35.9 Å². The minimum atomic E-state index is 0.219. The minimum Gasteiger partial charge on any atom is -0.341 e. The van der Waals surface area contributed by atoms with Crippen LogP contribution in [0.25, 0.3) is 33.6 Å². The van der Waals surface area contributed by atoms with Crippen LogP contribution in [0, 0.1) is 0 Å². The van der Waals surface area contributed by atoms with Gasteiger partial charge in [0.25, 0.3) is 0 Å². The highest BCUT2D eigenvalue weighted by atomic mass is 15.0. The van der Waals surface area contributed by atoms with Gasteiger partial charge in [0, 0.05) is 0 Å². The second-order valence-corrected chi connectivity index (χ2v) is 9.20. The van der Waals surface area contributed by atoms with E-state index in [2.05, 4.69) is 92.9 Å². The van der Waals surface area contributed by atoms with Gasteiger partial charge in [-0.2, -0.15) is 0 Å². The molecule has 0 spiro atoms. The van der Waals surface area contributed by atoms with Crippen LogP contribution in [0.4, 0.5) is 0 Å². The molecule has 3 heterocycles. The van der Waals surface area contributed by atoms with E-state index in [1.165, 1.54) is 24.0 Å². The lowest BCUT2D eigenvalue weighted by Crippen LogP contribution is -2.27. The average molecular weight is 455 g/mol. The average Bonchev–Trinajstić information content (AvgIpc) is 3.59. The van der Waals surface area contributed by atoms with Crippen LogP contribution in [0.5, 0.6) is 0 Å². The van der Waals surface area contributed by atoms with E-state index in [0.717, 1.165) is 60.1 Å². The van der Waals surface area contributed by atoms with E-state index in [4.69, 9.17) is 0 Å². The van der Waals surface area contributed by atoms with Gasteiger partial charge in [-0.05, 0) is 61.5 Å². The largest absolute Gasteiger partial charge is 0.341 e. The van der Waals surface area contributed by atoms with E-state index >= 15 is 0 Å². The third-order valence-electron chi connectivity index (χ3n) is 6.67. The van der Waals surface area contributed by atoms with Crippen LogP contribution in [0.3, 0.4) is 0 Å². The number of nitrogens with zero attached hydrogens (tertiary/aromatic N) is 2. The van der Waals surface area contributed by atoms with Crippen LogP contribution < -0.4 is 10.6 Å². The van der Waals surface area contributed by atoms with E-state index in [0.29, 0.717) is 6.04 Å². The first kappa shape index (κ1) is 22.6. The lowest BCUT2D eigenvalue weighted by molar-refractivity contribution is 0.399. The number of hydrogen-bond acceptors (Lipinski definition) is 4. The van der Waals surface area contributed by atoms with Crippen LogP contribution in [0.2, 0.25) is 0 Å². The summed E-state index contributed by atoms with van der Waals surface area (Å²) in [6, 6.07) is 17.9. The van der Waals surface area contributed by atoms with E-state index in [1.54, 1.807) is 0 Å². The summed E-state index contributed by atoms with van der Waals surface area (Å²) < 4.78 is 0. The first-order valence-corrected chi connectivity index (χ1v) is 12.5. The number of benzene rings is 2. The topological polar surface area (TPSA) is 81.4 Å². The lowest BCUT2D eigenvalue weighted by Gasteiger charge is -2.21. The zero-order valence-electron chi connectivity index (χ0n) is 20.1. The maximum Gasteiger partial charge on any atom is 0.123 e. The van der Waals surface area contributed by atoms with Gasteiger partial charge in [-0.1, -0.05) is 61.9 Å². The fraction of sp³-hybridized carbons (Fsp3) is 0.357. The SMILES string of the molecule is CCCN[C@@H](C)c1ncc(-c2ccc(-c3ccc(-c4cnc([C@@H]5CCCCN5)[nH]4)cc3)cc2)[nH]1. The van der Waals surface area contributed by atoms with Crippen molar-refractivity contribution in [2.75, 3.05) is 13.1 Å². The van der Waals surface area contributed by atoms with Crippen molar-refractivity contribution in [3.8, 4) is 33.6 Å².